The number of unbranched alkanes of at least 4 members (excludes halogenated alkanes) is 2. The van der Waals surface area contributed by atoms with Gasteiger partial charge in [0.15, 0.2) is 0 Å². The molecule has 156 valence electrons. The molecule has 0 spiro atoms. The molecule has 0 amide bonds. The maximum absolute atomic E-state index is 6.45. The Balaban J connectivity index is 2.26. The standard InChI is InChI=1S/2C12H18O.O.2Sn/c2*1-3-5-8-11-10(4-2)7-6-9-12(11)13;;;/h2*6-7,9,13H,3-5,8H2,1-2H3;;;/q;;;;+2/p-2. The topological polar surface area (TPSA) is 27.7 Å². The third kappa shape index (κ3) is 7.35. The van der Waals surface area contributed by atoms with Crippen molar-refractivity contribution in [3.63, 3.8) is 0 Å². The summed E-state index contributed by atoms with van der Waals surface area (Å²) in [6.45, 7) is 8.89. The van der Waals surface area contributed by atoms with Gasteiger partial charge in [-0.3, -0.25) is 0 Å². The van der Waals surface area contributed by atoms with Crippen LogP contribution in [-0.2, 0) is 27.1 Å². The van der Waals surface area contributed by atoms with Gasteiger partial charge in [-0.2, -0.15) is 0 Å². The third-order valence-electron chi connectivity index (χ3n) is 5.25. The van der Waals surface area contributed by atoms with E-state index in [2.05, 4.69) is 64.1 Å². The predicted octanol–water partition coefficient (Wildman–Crippen LogP) is 6.04. The van der Waals surface area contributed by atoms with Crippen LogP contribution in [0.1, 0.15) is 75.6 Å². The molecule has 0 saturated heterocycles. The van der Waals surface area contributed by atoms with Gasteiger partial charge in [0.05, 0.1) is 0 Å². The van der Waals surface area contributed by atoms with E-state index in [-0.39, 0.29) is 0 Å². The van der Waals surface area contributed by atoms with Crippen molar-refractivity contribution < 1.29 is 7.56 Å². The van der Waals surface area contributed by atoms with Crippen LogP contribution < -0.4 is 6.15 Å². The van der Waals surface area contributed by atoms with E-state index in [1.807, 2.05) is 0 Å². The fraction of sp³-hybridized carbons (Fsp3) is 0.500. The molecular formula is C24H34O3Sn2. The van der Waals surface area contributed by atoms with E-state index in [1.54, 1.807) is 0 Å². The summed E-state index contributed by atoms with van der Waals surface area (Å²) in [7, 11) is 0. The molecule has 0 aromatic heterocycles. The fourth-order valence-corrected chi connectivity index (χ4v) is 7.66. The molecule has 0 atom stereocenters. The Morgan fingerprint density at radius 3 is 1.52 bits per heavy atom. The van der Waals surface area contributed by atoms with Crippen molar-refractivity contribution >= 4 is 43.9 Å². The molecule has 0 fully saturated rings. The van der Waals surface area contributed by atoms with Crippen molar-refractivity contribution in [3.05, 3.63) is 58.7 Å². The van der Waals surface area contributed by atoms with Gasteiger partial charge in [-0.25, -0.2) is 0 Å². The van der Waals surface area contributed by atoms with E-state index in [4.69, 9.17) is 7.56 Å². The Morgan fingerprint density at radius 1 is 0.724 bits per heavy atom. The van der Waals surface area contributed by atoms with E-state index < -0.39 is 21.0 Å². The molecular weight excluding hydrogens is 574 g/mol. The molecule has 0 N–H and O–H groups in total. The zero-order valence-corrected chi connectivity index (χ0v) is 24.1. The fourth-order valence-electron chi connectivity index (χ4n) is 3.59. The van der Waals surface area contributed by atoms with Crippen LogP contribution in [0.15, 0.2) is 36.4 Å². The van der Waals surface area contributed by atoms with Crippen molar-refractivity contribution in [1.82, 2.24) is 0 Å². The Hall–Kier alpha value is -0.403. The molecule has 2 aromatic rings. The second-order valence-electron chi connectivity index (χ2n) is 7.26. The number of rotatable bonds is 13. The molecule has 29 heavy (non-hydrogen) atoms. The molecule has 3 nitrogen and oxygen atoms in total. The van der Waals surface area contributed by atoms with Crippen molar-refractivity contribution in [2.45, 2.75) is 79.1 Å². The van der Waals surface area contributed by atoms with Gasteiger partial charge in [-0.1, -0.05) is 0 Å². The number of hydrogen-bond donors (Lipinski definition) is 0. The van der Waals surface area contributed by atoms with Crippen LogP contribution in [0, 0.1) is 0 Å². The normalized spacial score (nSPS) is 11.1. The first-order valence-electron chi connectivity index (χ1n) is 11.0. The Morgan fingerprint density at radius 2 is 1.17 bits per heavy atom. The summed E-state index contributed by atoms with van der Waals surface area (Å²) in [6.07, 6.45) is 8.85. The summed E-state index contributed by atoms with van der Waals surface area (Å²) in [4.78, 5) is 0. The van der Waals surface area contributed by atoms with Gasteiger partial charge in [-0.05, 0) is 0 Å². The second kappa shape index (κ2) is 13.8. The number of benzene rings is 2. The first-order valence-corrected chi connectivity index (χ1v) is 15.6. The quantitative estimate of drug-likeness (QED) is 0.260. The summed E-state index contributed by atoms with van der Waals surface area (Å²) in [5.41, 5.74) is 5.42. The third-order valence-corrected chi connectivity index (χ3v) is 11.1. The van der Waals surface area contributed by atoms with Crippen LogP contribution in [0.4, 0.5) is 0 Å². The van der Waals surface area contributed by atoms with Gasteiger partial charge in [0, 0.05) is 0 Å². The molecule has 2 rings (SSSR count). The summed E-state index contributed by atoms with van der Waals surface area (Å²) < 4.78 is 18.8. The van der Waals surface area contributed by atoms with E-state index in [1.165, 1.54) is 47.9 Å². The minimum atomic E-state index is -2.97. The average molecular weight is 608 g/mol. The molecule has 0 bridgehead atoms. The zero-order chi connectivity index (χ0) is 21.1. The summed E-state index contributed by atoms with van der Waals surface area (Å²) >= 11 is -1.96. The first kappa shape index (κ1) is 24.9. The van der Waals surface area contributed by atoms with E-state index in [9.17, 15) is 0 Å². The van der Waals surface area contributed by atoms with Gasteiger partial charge in [0.25, 0.3) is 0 Å². The first-order chi connectivity index (χ1) is 14.2. The molecule has 0 heterocycles. The molecule has 2 aromatic carbocycles. The van der Waals surface area contributed by atoms with Crippen molar-refractivity contribution in [1.29, 1.82) is 0 Å². The molecule has 0 aliphatic rings. The van der Waals surface area contributed by atoms with Gasteiger partial charge in [0.2, 0.25) is 0 Å². The van der Waals surface area contributed by atoms with Crippen LogP contribution in [0.2, 0.25) is 0 Å². The molecule has 0 aliphatic carbocycles. The molecule has 5 heteroatoms. The number of hydrogen-bond acceptors (Lipinski definition) is 3. The van der Waals surface area contributed by atoms with Crippen molar-refractivity contribution in [2.75, 3.05) is 0 Å². The SMILES string of the molecule is CCCCc1c(CC)cccc1[O][Sn]([O][Sn])[O]c1cccc(CC)c1CCCC. The predicted molar refractivity (Wildman–Crippen MR) is 123 cm³/mol. The van der Waals surface area contributed by atoms with Crippen LogP contribution in [0.3, 0.4) is 0 Å². The Bertz CT molecular complexity index is 687. The molecule has 0 unspecified atom stereocenters. The zero-order valence-electron chi connectivity index (χ0n) is 18.3. The Kier molecular flexibility index (Phi) is 11.8. The summed E-state index contributed by atoms with van der Waals surface area (Å²) in [6, 6.07) is 12.8. The minimum absolute atomic E-state index is 0.969. The maximum atomic E-state index is 6.45. The van der Waals surface area contributed by atoms with E-state index in [0.29, 0.717) is 0 Å². The summed E-state index contributed by atoms with van der Waals surface area (Å²) in [5, 5.41) is 0. The van der Waals surface area contributed by atoms with Crippen LogP contribution in [-0.4, -0.2) is 43.9 Å². The Labute approximate surface area is 199 Å². The van der Waals surface area contributed by atoms with Crippen LogP contribution in [0.25, 0.3) is 0 Å². The monoisotopic (exact) mass is 610 g/mol. The van der Waals surface area contributed by atoms with Gasteiger partial charge in [0.1, 0.15) is 0 Å². The summed E-state index contributed by atoms with van der Waals surface area (Å²) in [5.74, 6) is 1.94. The molecule has 4 radical (unpaired) electrons. The van der Waals surface area contributed by atoms with Crippen molar-refractivity contribution in [2.24, 2.45) is 0 Å². The average Bonchev–Trinajstić information content (AvgIpc) is 2.76. The van der Waals surface area contributed by atoms with E-state index >= 15 is 0 Å². The van der Waals surface area contributed by atoms with Gasteiger partial charge < -0.3 is 0 Å². The van der Waals surface area contributed by atoms with E-state index in [0.717, 1.165) is 60.1 Å². The second-order valence-corrected chi connectivity index (χ2v) is 14.3. The van der Waals surface area contributed by atoms with Crippen LogP contribution >= 0.6 is 0 Å². The molecule has 0 saturated carbocycles. The molecule has 0 aliphatic heterocycles. The van der Waals surface area contributed by atoms with Gasteiger partial charge >= 0.3 is 201 Å². The van der Waals surface area contributed by atoms with Crippen LogP contribution in [0.5, 0.6) is 11.5 Å². The van der Waals surface area contributed by atoms with Gasteiger partial charge in [-0.15, -0.1) is 0 Å². The number of aryl methyl sites for hydroxylation is 2. The van der Waals surface area contributed by atoms with Crippen molar-refractivity contribution in [3.8, 4) is 11.5 Å².